The van der Waals surface area contributed by atoms with Gasteiger partial charge < -0.3 is 16.2 Å². The minimum absolute atomic E-state index is 0.0310. The molecular weight excluding hydrogens is 200 g/mol. The van der Waals surface area contributed by atoms with Gasteiger partial charge in [-0.15, -0.1) is 10.2 Å². The number of nitrogens with one attached hydrogen (secondary N) is 1. The zero-order chi connectivity index (χ0) is 11.4. The van der Waals surface area contributed by atoms with Crippen molar-refractivity contribution in [1.29, 1.82) is 0 Å². The van der Waals surface area contributed by atoms with Crippen LogP contribution in [0.3, 0.4) is 0 Å². The zero-order valence-electron chi connectivity index (χ0n) is 7.97. The fraction of sp³-hybridized carbons (Fsp3) is 0.250. The van der Waals surface area contributed by atoms with Crippen LogP contribution in [0.4, 0.5) is 5.82 Å². The molecule has 0 fully saturated rings. The van der Waals surface area contributed by atoms with E-state index in [-0.39, 0.29) is 11.5 Å². The Bertz CT molecular complexity index is 376. The summed E-state index contributed by atoms with van der Waals surface area (Å²) in [7, 11) is 0. The highest BCUT2D eigenvalue weighted by atomic mass is 16.4. The van der Waals surface area contributed by atoms with E-state index in [2.05, 4.69) is 15.5 Å². The molecule has 0 aliphatic rings. The van der Waals surface area contributed by atoms with E-state index in [1.807, 2.05) is 0 Å². The van der Waals surface area contributed by atoms with Gasteiger partial charge in [-0.2, -0.15) is 0 Å². The molecule has 1 amide bonds. The number of rotatable bonds is 4. The van der Waals surface area contributed by atoms with Crippen molar-refractivity contribution in [2.45, 2.75) is 13.0 Å². The molecule has 1 aromatic heterocycles. The maximum atomic E-state index is 10.6. The minimum atomic E-state index is -1.00. The summed E-state index contributed by atoms with van der Waals surface area (Å²) in [6.45, 7) is 1.46. The number of carbonyl (C=O) groups is 2. The van der Waals surface area contributed by atoms with Gasteiger partial charge in [0.25, 0.3) is 5.91 Å². The molecule has 0 aromatic carbocycles. The zero-order valence-corrected chi connectivity index (χ0v) is 7.97. The van der Waals surface area contributed by atoms with Crippen molar-refractivity contribution >= 4 is 17.7 Å². The number of aromatic nitrogens is 2. The lowest BCUT2D eigenvalue weighted by molar-refractivity contribution is -0.137. The number of hydrogen-bond acceptors (Lipinski definition) is 5. The number of carboxylic acid groups (broad SMARTS) is 1. The van der Waals surface area contributed by atoms with Gasteiger partial charge >= 0.3 is 5.97 Å². The van der Waals surface area contributed by atoms with Crippen LogP contribution < -0.4 is 11.1 Å². The third-order valence-electron chi connectivity index (χ3n) is 1.65. The molecule has 0 spiro atoms. The molecule has 15 heavy (non-hydrogen) atoms. The van der Waals surface area contributed by atoms with Crippen LogP contribution in [0.15, 0.2) is 12.1 Å². The van der Waals surface area contributed by atoms with Gasteiger partial charge in [0.1, 0.15) is 11.9 Å². The van der Waals surface area contributed by atoms with E-state index in [1.165, 1.54) is 19.1 Å². The number of carbonyl (C=O) groups excluding carboxylic acids is 1. The lowest BCUT2D eigenvalue weighted by Crippen LogP contribution is -2.26. The van der Waals surface area contributed by atoms with Crippen LogP contribution in [0, 0.1) is 0 Å². The second kappa shape index (κ2) is 4.36. The molecule has 0 aliphatic heterocycles. The van der Waals surface area contributed by atoms with E-state index >= 15 is 0 Å². The van der Waals surface area contributed by atoms with Crippen molar-refractivity contribution in [3.8, 4) is 0 Å². The summed E-state index contributed by atoms with van der Waals surface area (Å²) in [5, 5.41) is 18.3. The molecule has 1 unspecified atom stereocenters. The quantitative estimate of drug-likeness (QED) is 0.614. The molecule has 7 heteroatoms. The summed E-state index contributed by atoms with van der Waals surface area (Å²) < 4.78 is 0. The van der Waals surface area contributed by atoms with E-state index in [0.717, 1.165) is 0 Å². The first-order valence-corrected chi connectivity index (χ1v) is 4.13. The maximum Gasteiger partial charge on any atom is 0.325 e. The first-order valence-electron chi connectivity index (χ1n) is 4.13. The van der Waals surface area contributed by atoms with Crippen LogP contribution in [0.25, 0.3) is 0 Å². The molecule has 80 valence electrons. The van der Waals surface area contributed by atoms with Crippen LogP contribution in [0.2, 0.25) is 0 Å². The molecule has 0 saturated carbocycles. The van der Waals surface area contributed by atoms with Crippen LogP contribution in [0.1, 0.15) is 17.4 Å². The second-order valence-corrected chi connectivity index (χ2v) is 2.87. The summed E-state index contributed by atoms with van der Waals surface area (Å²) in [6.07, 6.45) is 0. The number of carboxylic acids is 1. The van der Waals surface area contributed by atoms with Gasteiger partial charge in [0.2, 0.25) is 0 Å². The minimum Gasteiger partial charge on any atom is -0.480 e. The van der Waals surface area contributed by atoms with E-state index in [4.69, 9.17) is 10.8 Å². The van der Waals surface area contributed by atoms with E-state index in [1.54, 1.807) is 0 Å². The average Bonchev–Trinajstić information content (AvgIpc) is 2.18. The van der Waals surface area contributed by atoms with Gasteiger partial charge in [-0.25, -0.2) is 0 Å². The Morgan fingerprint density at radius 2 is 2.13 bits per heavy atom. The van der Waals surface area contributed by atoms with Crippen molar-refractivity contribution in [2.24, 2.45) is 5.73 Å². The third kappa shape index (κ3) is 2.90. The molecule has 0 saturated heterocycles. The van der Waals surface area contributed by atoms with E-state index < -0.39 is 17.9 Å². The van der Waals surface area contributed by atoms with Gasteiger partial charge in [0.15, 0.2) is 5.69 Å². The Morgan fingerprint density at radius 3 is 2.53 bits per heavy atom. The lowest BCUT2D eigenvalue weighted by Gasteiger charge is -2.08. The van der Waals surface area contributed by atoms with E-state index in [9.17, 15) is 9.59 Å². The van der Waals surface area contributed by atoms with Crippen molar-refractivity contribution in [3.05, 3.63) is 17.8 Å². The molecule has 1 heterocycles. The van der Waals surface area contributed by atoms with Gasteiger partial charge in [-0.1, -0.05) is 0 Å². The average molecular weight is 210 g/mol. The highest BCUT2D eigenvalue weighted by Gasteiger charge is 2.11. The number of nitrogens with two attached hydrogens (primary N) is 1. The molecular formula is C8H10N4O3. The fourth-order valence-electron chi connectivity index (χ4n) is 0.824. The normalized spacial score (nSPS) is 11.8. The Labute approximate surface area is 85.3 Å². The first-order chi connectivity index (χ1) is 7.00. The first kappa shape index (κ1) is 10.9. The number of anilines is 1. The van der Waals surface area contributed by atoms with Crippen LogP contribution >= 0.6 is 0 Å². The smallest absolute Gasteiger partial charge is 0.325 e. The fourth-order valence-corrected chi connectivity index (χ4v) is 0.824. The predicted molar refractivity (Wildman–Crippen MR) is 51.3 cm³/mol. The standard InChI is InChI=1S/C8H10N4O3/c1-4(8(14)15)10-6-3-2-5(7(9)13)11-12-6/h2-4H,1H3,(H2,9,13)(H,10,12)(H,14,15). The monoisotopic (exact) mass is 210 g/mol. The summed E-state index contributed by atoms with van der Waals surface area (Å²) in [5.74, 6) is -1.41. The molecule has 0 bridgehead atoms. The largest absolute Gasteiger partial charge is 0.480 e. The highest BCUT2D eigenvalue weighted by molar-refractivity contribution is 5.90. The molecule has 1 aromatic rings. The Balaban J connectivity index is 2.72. The number of nitrogens with zero attached hydrogens (tertiary/aromatic N) is 2. The van der Waals surface area contributed by atoms with E-state index in [0.29, 0.717) is 0 Å². The second-order valence-electron chi connectivity index (χ2n) is 2.87. The summed E-state index contributed by atoms with van der Waals surface area (Å²) >= 11 is 0. The number of primary amides is 1. The number of aliphatic carboxylic acids is 1. The Morgan fingerprint density at radius 1 is 1.47 bits per heavy atom. The molecule has 1 rings (SSSR count). The summed E-state index contributed by atoms with van der Waals surface area (Å²) in [5.41, 5.74) is 4.99. The summed E-state index contributed by atoms with van der Waals surface area (Å²) in [6, 6.07) is 2.03. The summed E-state index contributed by atoms with van der Waals surface area (Å²) in [4.78, 5) is 21.1. The predicted octanol–water partition coefficient (Wildman–Crippen LogP) is -0.540. The van der Waals surface area contributed by atoms with Gasteiger partial charge in [-0.05, 0) is 19.1 Å². The van der Waals surface area contributed by atoms with Gasteiger partial charge in [0.05, 0.1) is 0 Å². The van der Waals surface area contributed by atoms with Crippen LogP contribution in [0.5, 0.6) is 0 Å². The lowest BCUT2D eigenvalue weighted by atomic mass is 10.3. The third-order valence-corrected chi connectivity index (χ3v) is 1.65. The van der Waals surface area contributed by atoms with Crippen LogP contribution in [-0.4, -0.2) is 33.2 Å². The van der Waals surface area contributed by atoms with Crippen molar-refractivity contribution in [1.82, 2.24) is 10.2 Å². The SMILES string of the molecule is CC(Nc1ccc(C(N)=O)nn1)C(=O)O. The maximum absolute atomic E-state index is 10.6. The number of hydrogen-bond donors (Lipinski definition) is 3. The number of amides is 1. The van der Waals surface area contributed by atoms with Gasteiger partial charge in [0, 0.05) is 0 Å². The molecule has 7 nitrogen and oxygen atoms in total. The van der Waals surface area contributed by atoms with Crippen molar-refractivity contribution < 1.29 is 14.7 Å². The van der Waals surface area contributed by atoms with Crippen molar-refractivity contribution in [3.63, 3.8) is 0 Å². The molecule has 4 N–H and O–H groups in total. The van der Waals surface area contributed by atoms with Crippen LogP contribution in [-0.2, 0) is 4.79 Å². The Kier molecular flexibility index (Phi) is 3.17. The molecule has 1 atom stereocenters. The molecule has 0 aliphatic carbocycles. The molecule has 0 radical (unpaired) electrons. The van der Waals surface area contributed by atoms with Gasteiger partial charge in [-0.3, -0.25) is 9.59 Å². The highest BCUT2D eigenvalue weighted by Crippen LogP contribution is 2.03. The topological polar surface area (TPSA) is 118 Å². The Hall–Kier alpha value is -2.18. The van der Waals surface area contributed by atoms with Crippen molar-refractivity contribution in [2.75, 3.05) is 5.32 Å².